The number of nitrogens with two attached hydrogens (primary N) is 1. The van der Waals surface area contributed by atoms with Gasteiger partial charge in [-0.25, -0.2) is 16.8 Å². The van der Waals surface area contributed by atoms with E-state index in [2.05, 4.69) is 30.4 Å². The third-order valence-corrected chi connectivity index (χ3v) is 7.17. The number of rotatable bonds is 8. The molecule has 0 aliphatic heterocycles. The summed E-state index contributed by atoms with van der Waals surface area (Å²) in [6.45, 7) is 3.04. The zero-order valence-corrected chi connectivity index (χ0v) is 17.3. The van der Waals surface area contributed by atoms with Gasteiger partial charge in [-0.15, -0.1) is 0 Å². The van der Waals surface area contributed by atoms with Crippen molar-refractivity contribution in [1.82, 2.24) is 14.4 Å². The minimum Gasteiger partial charge on any atom is -0.364 e. The number of nitrogens with one attached hydrogen (secondary N) is 3. The number of H-pyrrole nitrogens is 1. The van der Waals surface area contributed by atoms with Crippen molar-refractivity contribution < 1.29 is 21.6 Å². The highest BCUT2D eigenvalue weighted by molar-refractivity contribution is 9.10. The van der Waals surface area contributed by atoms with Crippen LogP contribution in [-0.4, -0.2) is 39.6 Å². The van der Waals surface area contributed by atoms with Crippen molar-refractivity contribution in [3.8, 4) is 0 Å². The van der Waals surface area contributed by atoms with Gasteiger partial charge in [-0.05, 0) is 31.5 Å². The lowest BCUT2D eigenvalue weighted by atomic mass is 10.2. The summed E-state index contributed by atoms with van der Waals surface area (Å²) in [4.78, 5) is 14.1. The summed E-state index contributed by atoms with van der Waals surface area (Å²) in [5.74, 6) is -1.08. The Balaban J connectivity index is 2.47. The maximum absolute atomic E-state index is 12.8. The first-order chi connectivity index (χ1) is 12.0. The summed E-state index contributed by atoms with van der Waals surface area (Å²) >= 11 is 3.25. The molecule has 1 atom stereocenters. The maximum atomic E-state index is 12.8. The number of benzene rings is 1. The van der Waals surface area contributed by atoms with E-state index in [1.54, 1.807) is 19.1 Å². The van der Waals surface area contributed by atoms with Gasteiger partial charge in [-0.1, -0.05) is 22.9 Å². The number of carbonyl (C=O) groups is 1. The van der Waals surface area contributed by atoms with E-state index in [0.717, 1.165) is 0 Å². The summed E-state index contributed by atoms with van der Waals surface area (Å²) in [7, 11) is -7.88. The lowest BCUT2D eigenvalue weighted by Gasteiger charge is -2.16. The number of aromatic nitrogens is 1. The number of halogens is 1. The second-order valence-corrected chi connectivity index (χ2v) is 10.1. The van der Waals surface area contributed by atoms with Crippen LogP contribution in [0.4, 0.5) is 0 Å². The number of fused-ring (bicyclic) bond motifs is 1. The molecule has 0 spiro atoms. The number of primary amides is 1. The molecule has 26 heavy (non-hydrogen) atoms. The first-order valence-electron chi connectivity index (χ1n) is 7.60. The molecule has 2 aromatic rings. The molecule has 0 aliphatic rings. The average Bonchev–Trinajstić information content (AvgIpc) is 2.85. The van der Waals surface area contributed by atoms with E-state index < -0.39 is 32.1 Å². The fourth-order valence-corrected chi connectivity index (χ4v) is 5.71. The van der Waals surface area contributed by atoms with Gasteiger partial charge in [0.05, 0.1) is 11.9 Å². The van der Waals surface area contributed by atoms with Crippen LogP contribution in [0.1, 0.15) is 30.8 Å². The molecule has 9 nitrogen and oxygen atoms in total. The molecule has 1 heterocycles. The molecule has 0 aliphatic carbocycles. The Hall–Kier alpha value is -1.47. The largest absolute Gasteiger partial charge is 0.364 e. The molecular weight excluding hydrogens is 448 g/mol. The molecule has 1 aromatic heterocycles. The van der Waals surface area contributed by atoms with Gasteiger partial charge in [0, 0.05) is 15.4 Å². The predicted molar refractivity (Wildman–Crippen MR) is 102 cm³/mol. The van der Waals surface area contributed by atoms with E-state index in [9.17, 15) is 21.6 Å². The molecule has 0 saturated carbocycles. The summed E-state index contributed by atoms with van der Waals surface area (Å²) in [6.07, 6.45) is -0.730. The molecule has 1 amide bonds. The molecule has 1 aromatic carbocycles. The molecule has 0 bridgehead atoms. The Kier molecular flexibility index (Phi) is 6.13. The van der Waals surface area contributed by atoms with E-state index in [-0.39, 0.29) is 21.7 Å². The van der Waals surface area contributed by atoms with E-state index in [0.29, 0.717) is 16.4 Å². The topological polar surface area (TPSA) is 151 Å². The van der Waals surface area contributed by atoms with Crippen LogP contribution >= 0.6 is 15.9 Å². The van der Waals surface area contributed by atoms with Crippen LogP contribution in [0.2, 0.25) is 0 Å². The SMILES string of the molecule is CCCS(=O)(=O)NC(C)NS(=O)(=O)c1c(C(N)=O)[nH]c2ccc(Br)cc12. The molecule has 2 rings (SSSR count). The van der Waals surface area contributed by atoms with E-state index >= 15 is 0 Å². The summed E-state index contributed by atoms with van der Waals surface area (Å²) < 4.78 is 54.3. The Morgan fingerprint density at radius 1 is 1.27 bits per heavy atom. The monoisotopic (exact) mass is 466 g/mol. The first-order valence-corrected chi connectivity index (χ1v) is 11.5. The highest BCUT2D eigenvalue weighted by atomic mass is 79.9. The lowest BCUT2D eigenvalue weighted by molar-refractivity contribution is 0.0993. The van der Waals surface area contributed by atoms with Crippen molar-refractivity contribution in [2.45, 2.75) is 31.3 Å². The molecule has 5 N–H and O–H groups in total. The molecule has 1 unspecified atom stereocenters. The van der Waals surface area contributed by atoms with Gasteiger partial charge in [0.25, 0.3) is 5.91 Å². The smallest absolute Gasteiger partial charge is 0.266 e. The second kappa shape index (κ2) is 7.64. The standard InChI is InChI=1S/C14H19BrN4O5S2/c1-3-6-25(21,22)18-8(2)19-26(23,24)13-10-7-9(15)4-5-11(10)17-12(13)14(16)20/h4-5,7-8,17-19H,3,6H2,1-2H3,(H2,16,20). The van der Waals surface area contributed by atoms with Crippen LogP contribution in [0, 0.1) is 0 Å². The highest BCUT2D eigenvalue weighted by Gasteiger charge is 2.29. The van der Waals surface area contributed by atoms with Crippen molar-refractivity contribution >= 4 is 52.8 Å². The Morgan fingerprint density at radius 2 is 1.92 bits per heavy atom. The minimum absolute atomic E-state index is 0.133. The zero-order chi connectivity index (χ0) is 19.7. The van der Waals surface area contributed by atoms with Crippen LogP contribution in [0.3, 0.4) is 0 Å². The van der Waals surface area contributed by atoms with Crippen LogP contribution < -0.4 is 15.2 Å². The Morgan fingerprint density at radius 3 is 2.50 bits per heavy atom. The zero-order valence-electron chi connectivity index (χ0n) is 14.0. The maximum Gasteiger partial charge on any atom is 0.266 e. The third kappa shape index (κ3) is 4.62. The average molecular weight is 467 g/mol. The molecule has 12 heteroatoms. The number of carbonyl (C=O) groups excluding carboxylic acids is 1. The van der Waals surface area contributed by atoms with Gasteiger partial charge >= 0.3 is 0 Å². The minimum atomic E-state index is -4.25. The van der Waals surface area contributed by atoms with Crippen LogP contribution in [-0.2, 0) is 20.0 Å². The fourth-order valence-electron chi connectivity index (χ4n) is 2.50. The number of sulfonamides is 2. The third-order valence-electron chi connectivity index (χ3n) is 3.39. The number of hydrogen-bond acceptors (Lipinski definition) is 5. The summed E-state index contributed by atoms with van der Waals surface area (Å²) in [6, 6.07) is 4.80. The van der Waals surface area contributed by atoms with Crippen molar-refractivity contribution in [1.29, 1.82) is 0 Å². The molecule has 0 fully saturated rings. The van der Waals surface area contributed by atoms with Crippen molar-refractivity contribution in [3.63, 3.8) is 0 Å². The van der Waals surface area contributed by atoms with E-state index in [1.165, 1.54) is 13.0 Å². The van der Waals surface area contributed by atoms with Crippen LogP contribution in [0.5, 0.6) is 0 Å². The predicted octanol–water partition coefficient (Wildman–Crippen LogP) is 0.983. The number of aromatic amines is 1. The number of hydrogen-bond donors (Lipinski definition) is 4. The van der Waals surface area contributed by atoms with E-state index in [4.69, 9.17) is 5.73 Å². The molecule has 0 radical (unpaired) electrons. The normalized spacial score (nSPS) is 13.8. The van der Waals surface area contributed by atoms with Crippen molar-refractivity contribution in [2.75, 3.05) is 5.75 Å². The van der Waals surface area contributed by atoms with Crippen molar-refractivity contribution in [2.24, 2.45) is 5.73 Å². The van der Waals surface area contributed by atoms with Gasteiger partial charge in [-0.2, -0.15) is 9.44 Å². The van der Waals surface area contributed by atoms with Gasteiger partial charge in [0.2, 0.25) is 20.0 Å². The fraction of sp³-hybridized carbons (Fsp3) is 0.357. The Bertz CT molecular complexity index is 1050. The van der Waals surface area contributed by atoms with Gasteiger partial charge in [0.1, 0.15) is 10.6 Å². The molecule has 0 saturated heterocycles. The highest BCUT2D eigenvalue weighted by Crippen LogP contribution is 2.29. The second-order valence-electron chi connectivity index (χ2n) is 5.66. The van der Waals surface area contributed by atoms with Crippen LogP contribution in [0.15, 0.2) is 27.6 Å². The summed E-state index contributed by atoms with van der Waals surface area (Å²) in [5.41, 5.74) is 5.42. The molecular formula is C14H19BrN4O5S2. The first kappa shape index (κ1) is 20.8. The van der Waals surface area contributed by atoms with Crippen molar-refractivity contribution in [3.05, 3.63) is 28.4 Å². The molecule has 144 valence electrons. The van der Waals surface area contributed by atoms with Crippen LogP contribution in [0.25, 0.3) is 10.9 Å². The summed E-state index contributed by atoms with van der Waals surface area (Å²) in [5, 5.41) is 0.254. The number of amides is 1. The lowest BCUT2D eigenvalue weighted by Crippen LogP contribution is -2.46. The van der Waals surface area contributed by atoms with Gasteiger partial charge in [0.15, 0.2) is 0 Å². The Labute approximate surface area is 160 Å². The van der Waals surface area contributed by atoms with Gasteiger partial charge in [-0.3, -0.25) is 4.79 Å². The van der Waals surface area contributed by atoms with E-state index in [1.807, 2.05) is 0 Å². The van der Waals surface area contributed by atoms with Gasteiger partial charge < -0.3 is 10.7 Å². The quantitative estimate of drug-likeness (QED) is 0.427.